The van der Waals surface area contributed by atoms with Crippen LogP contribution in [0.4, 0.5) is 11.8 Å². The van der Waals surface area contributed by atoms with Crippen LogP contribution in [0.5, 0.6) is 0 Å². The molecule has 1 aromatic heterocycles. The zero-order chi connectivity index (χ0) is 9.26. The van der Waals surface area contributed by atoms with Crippen molar-refractivity contribution in [2.75, 3.05) is 23.7 Å². The third kappa shape index (κ3) is 1.67. The Balaban J connectivity index is 2.25. The summed E-state index contributed by atoms with van der Waals surface area (Å²) >= 11 is 5.72. The Morgan fingerprint density at radius 1 is 1.38 bits per heavy atom. The van der Waals surface area contributed by atoms with Gasteiger partial charge in [-0.2, -0.15) is 4.98 Å². The fraction of sp³-hybridized carbons (Fsp3) is 0.500. The Morgan fingerprint density at radius 2 is 2.08 bits per heavy atom. The van der Waals surface area contributed by atoms with E-state index in [-0.39, 0.29) is 0 Å². The molecule has 1 saturated heterocycles. The quantitative estimate of drug-likeness (QED) is 0.740. The van der Waals surface area contributed by atoms with Crippen molar-refractivity contribution in [2.24, 2.45) is 0 Å². The molecule has 13 heavy (non-hydrogen) atoms. The lowest BCUT2D eigenvalue weighted by atomic mass is 10.4. The highest BCUT2D eigenvalue weighted by Crippen LogP contribution is 2.20. The normalized spacial score (nSPS) is 16.5. The van der Waals surface area contributed by atoms with E-state index in [2.05, 4.69) is 14.9 Å². The smallest absolute Gasteiger partial charge is 0.227 e. The number of hydrogen-bond acceptors (Lipinski definition) is 4. The van der Waals surface area contributed by atoms with E-state index in [4.69, 9.17) is 17.3 Å². The van der Waals surface area contributed by atoms with Gasteiger partial charge in [0.25, 0.3) is 0 Å². The summed E-state index contributed by atoms with van der Waals surface area (Å²) in [5.41, 5.74) is 5.58. The van der Waals surface area contributed by atoms with Gasteiger partial charge in [0.2, 0.25) is 5.95 Å². The number of nitrogens with two attached hydrogens (primary N) is 1. The number of anilines is 2. The van der Waals surface area contributed by atoms with E-state index in [1.165, 1.54) is 12.8 Å². The van der Waals surface area contributed by atoms with Gasteiger partial charge in [-0.1, -0.05) is 11.6 Å². The number of aromatic nitrogens is 2. The SMILES string of the molecule is Nc1nc(N2CCCC2)ncc1Cl. The van der Waals surface area contributed by atoms with E-state index >= 15 is 0 Å². The van der Waals surface area contributed by atoms with E-state index in [1.807, 2.05) is 0 Å². The molecule has 2 rings (SSSR count). The first-order chi connectivity index (χ1) is 6.27. The van der Waals surface area contributed by atoms with Crippen molar-refractivity contribution in [3.05, 3.63) is 11.2 Å². The standard InChI is InChI=1S/C8H11ClN4/c9-6-5-11-8(12-7(6)10)13-3-1-2-4-13/h5H,1-4H2,(H2,10,11,12). The summed E-state index contributed by atoms with van der Waals surface area (Å²) < 4.78 is 0. The van der Waals surface area contributed by atoms with Crippen LogP contribution in [0.25, 0.3) is 0 Å². The van der Waals surface area contributed by atoms with E-state index in [9.17, 15) is 0 Å². The summed E-state index contributed by atoms with van der Waals surface area (Å²) in [5, 5.41) is 0.419. The molecule has 2 heterocycles. The summed E-state index contributed by atoms with van der Waals surface area (Å²) in [7, 11) is 0. The molecule has 1 fully saturated rings. The van der Waals surface area contributed by atoms with Crippen LogP contribution in [0.2, 0.25) is 5.02 Å². The molecule has 0 saturated carbocycles. The van der Waals surface area contributed by atoms with Crippen molar-refractivity contribution in [3.8, 4) is 0 Å². The van der Waals surface area contributed by atoms with Gasteiger partial charge in [-0.05, 0) is 12.8 Å². The van der Waals surface area contributed by atoms with Crippen LogP contribution >= 0.6 is 11.6 Å². The first-order valence-electron chi connectivity index (χ1n) is 4.30. The zero-order valence-electron chi connectivity index (χ0n) is 7.20. The molecule has 0 radical (unpaired) electrons. The summed E-state index contributed by atoms with van der Waals surface area (Å²) in [6.07, 6.45) is 3.95. The van der Waals surface area contributed by atoms with Crippen molar-refractivity contribution in [1.29, 1.82) is 0 Å². The molecule has 5 heteroatoms. The van der Waals surface area contributed by atoms with Crippen LogP contribution in [-0.4, -0.2) is 23.1 Å². The van der Waals surface area contributed by atoms with Gasteiger partial charge in [-0.25, -0.2) is 4.98 Å². The second-order valence-corrected chi connectivity index (χ2v) is 3.50. The van der Waals surface area contributed by atoms with E-state index in [1.54, 1.807) is 6.20 Å². The van der Waals surface area contributed by atoms with Crippen LogP contribution in [0.15, 0.2) is 6.20 Å². The number of nitrogens with zero attached hydrogens (tertiary/aromatic N) is 3. The highest BCUT2D eigenvalue weighted by atomic mass is 35.5. The zero-order valence-corrected chi connectivity index (χ0v) is 7.96. The lowest BCUT2D eigenvalue weighted by Crippen LogP contribution is -2.20. The summed E-state index contributed by atoms with van der Waals surface area (Å²) in [6, 6.07) is 0. The molecule has 0 bridgehead atoms. The molecule has 4 nitrogen and oxygen atoms in total. The first kappa shape index (κ1) is 8.56. The van der Waals surface area contributed by atoms with Crippen molar-refractivity contribution >= 4 is 23.4 Å². The maximum Gasteiger partial charge on any atom is 0.227 e. The van der Waals surface area contributed by atoms with Crippen LogP contribution in [0, 0.1) is 0 Å². The van der Waals surface area contributed by atoms with Crippen molar-refractivity contribution in [1.82, 2.24) is 9.97 Å². The van der Waals surface area contributed by atoms with E-state index < -0.39 is 0 Å². The molecule has 1 aromatic rings. The Labute approximate surface area is 81.7 Å². The Morgan fingerprint density at radius 3 is 2.69 bits per heavy atom. The van der Waals surface area contributed by atoms with Crippen LogP contribution in [0.3, 0.4) is 0 Å². The number of halogens is 1. The lowest BCUT2D eigenvalue weighted by Gasteiger charge is -2.14. The van der Waals surface area contributed by atoms with Crippen molar-refractivity contribution < 1.29 is 0 Å². The maximum atomic E-state index is 5.72. The van der Waals surface area contributed by atoms with Gasteiger partial charge in [0.15, 0.2) is 0 Å². The summed E-state index contributed by atoms with van der Waals surface area (Å²) in [6.45, 7) is 2.03. The van der Waals surface area contributed by atoms with Gasteiger partial charge in [-0.15, -0.1) is 0 Å². The second-order valence-electron chi connectivity index (χ2n) is 3.10. The Kier molecular flexibility index (Phi) is 2.22. The fourth-order valence-electron chi connectivity index (χ4n) is 1.44. The molecule has 70 valence electrons. The minimum atomic E-state index is 0.360. The molecule has 0 atom stereocenters. The average molecular weight is 199 g/mol. The van der Waals surface area contributed by atoms with Gasteiger partial charge < -0.3 is 10.6 Å². The third-order valence-electron chi connectivity index (χ3n) is 2.15. The maximum absolute atomic E-state index is 5.72. The monoisotopic (exact) mass is 198 g/mol. The lowest BCUT2D eigenvalue weighted by molar-refractivity contribution is 0.901. The predicted octanol–water partition coefficient (Wildman–Crippen LogP) is 1.31. The van der Waals surface area contributed by atoms with E-state index in [0.29, 0.717) is 16.8 Å². The van der Waals surface area contributed by atoms with Gasteiger partial charge in [0, 0.05) is 13.1 Å². The molecule has 2 N–H and O–H groups in total. The predicted molar refractivity (Wildman–Crippen MR) is 52.9 cm³/mol. The Bertz CT molecular complexity index is 309. The molecule has 0 aromatic carbocycles. The minimum Gasteiger partial charge on any atom is -0.382 e. The average Bonchev–Trinajstić information content (AvgIpc) is 2.62. The number of rotatable bonds is 1. The number of nitrogen functional groups attached to an aromatic ring is 1. The van der Waals surface area contributed by atoms with E-state index in [0.717, 1.165) is 13.1 Å². The fourth-order valence-corrected chi connectivity index (χ4v) is 1.53. The van der Waals surface area contributed by atoms with Crippen LogP contribution in [0.1, 0.15) is 12.8 Å². The molecule has 0 amide bonds. The van der Waals surface area contributed by atoms with Gasteiger partial charge in [0.05, 0.1) is 6.20 Å². The van der Waals surface area contributed by atoms with Gasteiger partial charge >= 0.3 is 0 Å². The Hall–Kier alpha value is -1.03. The van der Waals surface area contributed by atoms with Crippen LogP contribution < -0.4 is 10.6 Å². The molecule has 0 aliphatic carbocycles. The molecule has 0 spiro atoms. The van der Waals surface area contributed by atoms with Crippen LogP contribution in [-0.2, 0) is 0 Å². The largest absolute Gasteiger partial charge is 0.382 e. The topological polar surface area (TPSA) is 55.0 Å². The second kappa shape index (κ2) is 3.38. The van der Waals surface area contributed by atoms with Crippen molar-refractivity contribution in [3.63, 3.8) is 0 Å². The summed E-state index contributed by atoms with van der Waals surface area (Å²) in [5.74, 6) is 1.05. The molecular formula is C8H11ClN4. The molecular weight excluding hydrogens is 188 g/mol. The van der Waals surface area contributed by atoms with Gasteiger partial charge in [0.1, 0.15) is 10.8 Å². The first-order valence-corrected chi connectivity index (χ1v) is 4.68. The molecule has 1 aliphatic heterocycles. The summed E-state index contributed by atoms with van der Waals surface area (Å²) in [4.78, 5) is 10.4. The van der Waals surface area contributed by atoms with Gasteiger partial charge in [-0.3, -0.25) is 0 Å². The molecule has 0 unspecified atom stereocenters. The molecule has 1 aliphatic rings. The highest BCUT2D eigenvalue weighted by molar-refractivity contribution is 6.32. The third-order valence-corrected chi connectivity index (χ3v) is 2.44. The van der Waals surface area contributed by atoms with Crippen molar-refractivity contribution in [2.45, 2.75) is 12.8 Å². The highest BCUT2D eigenvalue weighted by Gasteiger charge is 2.15. The number of hydrogen-bond donors (Lipinski definition) is 1. The minimum absolute atomic E-state index is 0.360.